The van der Waals surface area contributed by atoms with Gasteiger partial charge in [-0.3, -0.25) is 4.68 Å². The fourth-order valence-corrected chi connectivity index (χ4v) is 1.96. The van der Waals surface area contributed by atoms with Crippen molar-refractivity contribution >= 4 is 0 Å². The molecule has 3 nitrogen and oxygen atoms in total. The zero-order chi connectivity index (χ0) is 13.5. The first kappa shape index (κ1) is 13.6. The van der Waals surface area contributed by atoms with Crippen molar-refractivity contribution in [3.63, 3.8) is 0 Å². The molecule has 0 fully saturated rings. The third kappa shape index (κ3) is 4.07. The lowest BCUT2D eigenvalue weighted by atomic mass is 10.1. The molecule has 0 aliphatic carbocycles. The molecule has 0 spiro atoms. The molecule has 0 radical (unpaired) electrons. The number of rotatable bonds is 7. The van der Waals surface area contributed by atoms with Crippen molar-refractivity contribution in [1.29, 1.82) is 0 Å². The van der Waals surface area contributed by atoms with Crippen LogP contribution in [0, 0.1) is 0 Å². The Kier molecular flexibility index (Phi) is 4.93. The van der Waals surface area contributed by atoms with E-state index in [1.807, 2.05) is 29.1 Å². The van der Waals surface area contributed by atoms with Crippen LogP contribution in [0.5, 0.6) is 0 Å². The van der Waals surface area contributed by atoms with Crippen molar-refractivity contribution in [2.24, 2.45) is 0 Å². The van der Waals surface area contributed by atoms with Gasteiger partial charge in [-0.05, 0) is 24.1 Å². The van der Waals surface area contributed by atoms with Crippen LogP contribution in [0.4, 0.5) is 0 Å². The molecule has 1 aromatic carbocycles. The third-order valence-corrected chi connectivity index (χ3v) is 2.93. The largest absolute Gasteiger partial charge is 0.313 e. The minimum atomic E-state index is 0.767. The topological polar surface area (TPSA) is 29.9 Å². The van der Waals surface area contributed by atoms with Crippen molar-refractivity contribution < 1.29 is 0 Å². The first-order chi connectivity index (χ1) is 9.29. The van der Waals surface area contributed by atoms with E-state index in [4.69, 9.17) is 0 Å². The summed E-state index contributed by atoms with van der Waals surface area (Å²) in [5, 5.41) is 7.74. The van der Waals surface area contributed by atoms with Gasteiger partial charge in [0, 0.05) is 18.3 Å². The summed E-state index contributed by atoms with van der Waals surface area (Å²) in [4.78, 5) is 0. The number of aromatic nitrogens is 2. The van der Waals surface area contributed by atoms with Crippen LogP contribution in [0.2, 0.25) is 0 Å². The van der Waals surface area contributed by atoms with E-state index >= 15 is 0 Å². The normalized spacial score (nSPS) is 10.6. The van der Waals surface area contributed by atoms with E-state index < -0.39 is 0 Å². The Morgan fingerprint density at radius 3 is 2.79 bits per heavy atom. The van der Waals surface area contributed by atoms with Crippen LogP contribution in [-0.4, -0.2) is 22.9 Å². The number of nitrogens with zero attached hydrogens (tertiary/aromatic N) is 2. The zero-order valence-electron chi connectivity index (χ0n) is 11.5. The molecule has 0 bridgehead atoms. The maximum absolute atomic E-state index is 4.39. The molecule has 100 valence electrons. The number of benzene rings is 1. The van der Waals surface area contributed by atoms with Gasteiger partial charge in [-0.2, -0.15) is 5.10 Å². The highest BCUT2D eigenvalue weighted by Crippen LogP contribution is 2.17. The van der Waals surface area contributed by atoms with Crippen LogP contribution < -0.4 is 5.32 Å². The smallest absolute Gasteiger partial charge is 0.0629 e. The minimum absolute atomic E-state index is 0.767. The first-order valence-corrected chi connectivity index (χ1v) is 6.75. The van der Waals surface area contributed by atoms with E-state index in [0.717, 1.165) is 37.2 Å². The fourth-order valence-electron chi connectivity index (χ4n) is 1.96. The first-order valence-electron chi connectivity index (χ1n) is 6.75. The summed E-state index contributed by atoms with van der Waals surface area (Å²) >= 11 is 0. The Morgan fingerprint density at radius 1 is 1.26 bits per heavy atom. The number of hydrogen-bond donors (Lipinski definition) is 1. The lowest BCUT2D eigenvalue weighted by Gasteiger charge is -2.06. The van der Waals surface area contributed by atoms with Crippen LogP contribution in [0.1, 0.15) is 13.3 Å². The van der Waals surface area contributed by atoms with Crippen molar-refractivity contribution in [3.8, 4) is 11.1 Å². The van der Waals surface area contributed by atoms with Gasteiger partial charge in [-0.1, -0.05) is 43.8 Å². The predicted molar refractivity (Wildman–Crippen MR) is 80.0 cm³/mol. The fraction of sp³-hybridized carbons (Fsp3) is 0.312. The standard InChI is InChI=1S/C16H21N3/c1-3-9-17-10-14(2)12-19-13-16(11-18-19)15-7-5-4-6-8-15/h4-8,11,13,17H,2-3,9-10,12H2,1H3. The molecule has 2 rings (SSSR count). The van der Waals surface area contributed by atoms with E-state index in [2.05, 4.69) is 42.2 Å². The average molecular weight is 255 g/mol. The zero-order valence-corrected chi connectivity index (χ0v) is 11.5. The number of hydrogen-bond acceptors (Lipinski definition) is 2. The third-order valence-electron chi connectivity index (χ3n) is 2.93. The molecule has 0 aliphatic rings. The van der Waals surface area contributed by atoms with Crippen LogP contribution in [0.15, 0.2) is 54.9 Å². The molecule has 0 atom stereocenters. The van der Waals surface area contributed by atoms with Gasteiger partial charge in [0.15, 0.2) is 0 Å². The summed E-state index contributed by atoms with van der Waals surface area (Å²) in [6, 6.07) is 10.3. The van der Waals surface area contributed by atoms with Gasteiger partial charge < -0.3 is 5.32 Å². The Balaban J connectivity index is 1.93. The van der Waals surface area contributed by atoms with E-state index in [0.29, 0.717) is 0 Å². The SMILES string of the molecule is C=C(CNCCC)Cn1cc(-c2ccccc2)cn1. The van der Waals surface area contributed by atoms with E-state index in [1.54, 1.807) is 0 Å². The molecule has 0 saturated heterocycles. The highest BCUT2D eigenvalue weighted by molar-refractivity contribution is 5.61. The van der Waals surface area contributed by atoms with Crippen LogP contribution >= 0.6 is 0 Å². The average Bonchev–Trinajstić information content (AvgIpc) is 2.88. The van der Waals surface area contributed by atoms with Crippen molar-refractivity contribution in [3.05, 3.63) is 54.9 Å². The van der Waals surface area contributed by atoms with Gasteiger partial charge in [-0.25, -0.2) is 0 Å². The van der Waals surface area contributed by atoms with E-state index in [1.165, 1.54) is 5.56 Å². The maximum Gasteiger partial charge on any atom is 0.0629 e. The Labute approximate surface area is 115 Å². The van der Waals surface area contributed by atoms with Crippen molar-refractivity contribution in [2.45, 2.75) is 19.9 Å². The van der Waals surface area contributed by atoms with Crippen molar-refractivity contribution in [2.75, 3.05) is 13.1 Å². The van der Waals surface area contributed by atoms with E-state index in [9.17, 15) is 0 Å². The maximum atomic E-state index is 4.39. The molecule has 0 saturated carbocycles. The van der Waals surface area contributed by atoms with E-state index in [-0.39, 0.29) is 0 Å². The summed E-state index contributed by atoms with van der Waals surface area (Å²) in [6.45, 7) is 8.90. The molecule has 0 unspecified atom stereocenters. The Morgan fingerprint density at radius 2 is 2.05 bits per heavy atom. The van der Waals surface area contributed by atoms with Crippen LogP contribution in [0.3, 0.4) is 0 Å². The van der Waals surface area contributed by atoms with Gasteiger partial charge in [-0.15, -0.1) is 0 Å². The molecular weight excluding hydrogens is 234 g/mol. The quantitative estimate of drug-likeness (QED) is 0.608. The second kappa shape index (κ2) is 6.90. The highest BCUT2D eigenvalue weighted by atomic mass is 15.3. The van der Waals surface area contributed by atoms with Gasteiger partial charge in [0.1, 0.15) is 0 Å². The second-order valence-corrected chi connectivity index (χ2v) is 4.72. The molecule has 1 heterocycles. The summed E-state index contributed by atoms with van der Waals surface area (Å²) in [7, 11) is 0. The van der Waals surface area contributed by atoms with Gasteiger partial charge in [0.2, 0.25) is 0 Å². The molecule has 0 aliphatic heterocycles. The molecule has 2 aromatic rings. The summed E-state index contributed by atoms with van der Waals surface area (Å²) in [6.07, 6.45) is 5.12. The van der Waals surface area contributed by atoms with Crippen LogP contribution in [-0.2, 0) is 6.54 Å². The lowest BCUT2D eigenvalue weighted by Crippen LogP contribution is -2.19. The van der Waals surface area contributed by atoms with Crippen LogP contribution in [0.25, 0.3) is 11.1 Å². The van der Waals surface area contributed by atoms with Gasteiger partial charge in [0.25, 0.3) is 0 Å². The number of nitrogens with one attached hydrogen (secondary N) is 1. The Bertz CT molecular complexity index is 514. The van der Waals surface area contributed by atoms with Gasteiger partial charge in [0.05, 0.1) is 12.7 Å². The molecule has 1 N–H and O–H groups in total. The lowest BCUT2D eigenvalue weighted by molar-refractivity contribution is 0.633. The summed E-state index contributed by atoms with van der Waals surface area (Å²) < 4.78 is 1.94. The predicted octanol–water partition coefficient (Wildman–Crippen LogP) is 3.11. The molecule has 3 heteroatoms. The summed E-state index contributed by atoms with van der Waals surface area (Å²) in [5.41, 5.74) is 3.49. The molecule has 0 amide bonds. The van der Waals surface area contributed by atoms with Gasteiger partial charge >= 0.3 is 0 Å². The summed E-state index contributed by atoms with van der Waals surface area (Å²) in [5.74, 6) is 0. The Hall–Kier alpha value is -1.87. The van der Waals surface area contributed by atoms with Crippen molar-refractivity contribution in [1.82, 2.24) is 15.1 Å². The minimum Gasteiger partial charge on any atom is -0.313 e. The molecule has 19 heavy (non-hydrogen) atoms. The molecular formula is C16H21N3. The highest BCUT2D eigenvalue weighted by Gasteiger charge is 2.02. The second-order valence-electron chi connectivity index (χ2n) is 4.72. The monoisotopic (exact) mass is 255 g/mol. The molecule has 1 aromatic heterocycles.